The van der Waals surface area contributed by atoms with E-state index >= 15 is 0 Å². The Balaban J connectivity index is 2.28. The van der Waals surface area contributed by atoms with Gasteiger partial charge < -0.3 is 10.1 Å². The van der Waals surface area contributed by atoms with E-state index < -0.39 is 22.5 Å². The molecule has 9 heteroatoms. The van der Waals surface area contributed by atoms with Gasteiger partial charge in [-0.25, -0.2) is 12.7 Å². The maximum absolute atomic E-state index is 12.3. The molecular formula is C17H18F2N2O4S. The van der Waals surface area contributed by atoms with Gasteiger partial charge in [-0.15, -0.1) is 0 Å². The summed E-state index contributed by atoms with van der Waals surface area (Å²) in [6, 6.07) is 9.79. The maximum atomic E-state index is 12.3. The quantitative estimate of drug-likeness (QED) is 0.830. The Labute approximate surface area is 150 Å². The van der Waals surface area contributed by atoms with Gasteiger partial charge in [-0.1, -0.05) is 12.1 Å². The molecule has 0 radical (unpaired) electrons. The molecule has 0 bridgehead atoms. The van der Waals surface area contributed by atoms with Crippen molar-refractivity contribution >= 4 is 21.6 Å². The van der Waals surface area contributed by atoms with E-state index in [0.717, 1.165) is 4.31 Å². The molecule has 0 aromatic heterocycles. The fourth-order valence-electron chi connectivity index (χ4n) is 2.17. The zero-order valence-electron chi connectivity index (χ0n) is 14.4. The molecule has 0 spiro atoms. The molecule has 6 nitrogen and oxygen atoms in total. The lowest BCUT2D eigenvalue weighted by Gasteiger charge is -2.15. The Bertz CT molecular complexity index is 915. The number of nitrogens with one attached hydrogen (secondary N) is 1. The number of halogens is 2. The topological polar surface area (TPSA) is 75.7 Å². The molecule has 0 unspecified atom stereocenters. The minimum atomic E-state index is -3.67. The third-order valence-electron chi connectivity index (χ3n) is 3.53. The molecule has 140 valence electrons. The third kappa shape index (κ3) is 4.55. The van der Waals surface area contributed by atoms with Crippen LogP contribution in [0.4, 0.5) is 14.5 Å². The Kier molecular flexibility index (Phi) is 5.94. The lowest BCUT2D eigenvalue weighted by atomic mass is 10.2. The first-order chi connectivity index (χ1) is 12.1. The monoisotopic (exact) mass is 384 g/mol. The van der Waals surface area contributed by atoms with Crippen molar-refractivity contribution in [2.75, 3.05) is 19.4 Å². The van der Waals surface area contributed by atoms with Gasteiger partial charge in [0, 0.05) is 25.3 Å². The molecule has 0 aliphatic heterocycles. The van der Waals surface area contributed by atoms with E-state index in [0.29, 0.717) is 5.56 Å². The van der Waals surface area contributed by atoms with Crippen LogP contribution < -0.4 is 10.1 Å². The number of benzene rings is 2. The summed E-state index contributed by atoms with van der Waals surface area (Å²) >= 11 is 0. The largest absolute Gasteiger partial charge is 0.435 e. The Morgan fingerprint density at radius 1 is 1.15 bits per heavy atom. The summed E-state index contributed by atoms with van der Waals surface area (Å²) in [5, 5.41) is 2.55. The van der Waals surface area contributed by atoms with Crippen LogP contribution in [0.25, 0.3) is 0 Å². The van der Waals surface area contributed by atoms with Crippen molar-refractivity contribution in [3.05, 3.63) is 53.6 Å². The maximum Gasteiger partial charge on any atom is 0.387 e. The number of sulfonamides is 1. The van der Waals surface area contributed by atoms with E-state index in [2.05, 4.69) is 10.1 Å². The number of anilines is 1. The average Bonchev–Trinajstić information content (AvgIpc) is 2.56. The van der Waals surface area contributed by atoms with E-state index in [1.807, 2.05) is 0 Å². The number of carbonyl (C=O) groups excluding carboxylic acids is 1. The van der Waals surface area contributed by atoms with Crippen LogP contribution in [0.15, 0.2) is 47.4 Å². The highest BCUT2D eigenvalue weighted by Gasteiger charge is 2.20. The van der Waals surface area contributed by atoms with Crippen LogP contribution in [-0.4, -0.2) is 39.3 Å². The Morgan fingerprint density at radius 3 is 2.46 bits per heavy atom. The van der Waals surface area contributed by atoms with Gasteiger partial charge in [-0.3, -0.25) is 4.79 Å². The van der Waals surface area contributed by atoms with Crippen LogP contribution in [0.2, 0.25) is 0 Å². The molecule has 2 aromatic carbocycles. The zero-order chi connectivity index (χ0) is 19.5. The SMILES string of the molecule is Cc1ccc(NC(=O)c2cccc(OC(F)F)c2)cc1S(=O)(=O)N(C)C. The number of rotatable bonds is 6. The molecule has 1 amide bonds. The molecule has 26 heavy (non-hydrogen) atoms. The molecule has 0 atom stereocenters. The van der Waals surface area contributed by atoms with Crippen LogP contribution in [0.1, 0.15) is 15.9 Å². The zero-order valence-corrected chi connectivity index (χ0v) is 15.2. The molecule has 2 aromatic rings. The predicted molar refractivity (Wildman–Crippen MR) is 93.1 cm³/mol. The van der Waals surface area contributed by atoms with Gasteiger partial charge in [0.2, 0.25) is 10.0 Å². The fourth-order valence-corrected chi connectivity index (χ4v) is 3.31. The predicted octanol–water partition coefficient (Wildman–Crippen LogP) is 3.10. The molecule has 1 N–H and O–H groups in total. The highest BCUT2D eigenvalue weighted by molar-refractivity contribution is 7.89. The van der Waals surface area contributed by atoms with Crippen molar-refractivity contribution < 1.29 is 26.7 Å². The molecule has 2 rings (SSSR count). The molecule has 0 aliphatic carbocycles. The fraction of sp³-hybridized carbons (Fsp3) is 0.235. The second-order valence-electron chi connectivity index (χ2n) is 5.63. The summed E-state index contributed by atoms with van der Waals surface area (Å²) in [7, 11) is -0.850. The summed E-state index contributed by atoms with van der Waals surface area (Å²) in [5.41, 5.74) is 0.894. The number of ether oxygens (including phenoxy) is 1. The van der Waals surface area contributed by atoms with Gasteiger partial charge in [-0.2, -0.15) is 8.78 Å². The van der Waals surface area contributed by atoms with Crippen molar-refractivity contribution in [1.82, 2.24) is 4.31 Å². The lowest BCUT2D eigenvalue weighted by molar-refractivity contribution is -0.0498. The smallest absolute Gasteiger partial charge is 0.387 e. The van der Waals surface area contributed by atoms with E-state index in [-0.39, 0.29) is 21.9 Å². The standard InChI is InChI=1S/C17H18F2N2O4S/c1-11-7-8-13(10-15(11)26(23,24)21(2)3)20-16(22)12-5-4-6-14(9-12)25-17(18)19/h4-10,17H,1-3H3,(H,20,22). The van der Waals surface area contributed by atoms with Crippen LogP contribution >= 0.6 is 0 Å². The van der Waals surface area contributed by atoms with Crippen LogP contribution in [0.3, 0.4) is 0 Å². The minimum absolute atomic E-state index is 0.0649. The summed E-state index contributed by atoms with van der Waals surface area (Å²) in [6.45, 7) is -1.35. The average molecular weight is 384 g/mol. The van der Waals surface area contributed by atoms with Crippen molar-refractivity contribution in [3.8, 4) is 5.75 Å². The van der Waals surface area contributed by atoms with Crippen molar-refractivity contribution in [2.45, 2.75) is 18.4 Å². The molecule has 0 aliphatic rings. The second-order valence-corrected chi connectivity index (χ2v) is 7.75. The van der Waals surface area contributed by atoms with Gasteiger partial charge in [0.15, 0.2) is 0 Å². The summed E-state index contributed by atoms with van der Waals surface area (Å²) < 4.78 is 54.6. The summed E-state index contributed by atoms with van der Waals surface area (Å²) in [4.78, 5) is 12.4. The van der Waals surface area contributed by atoms with Crippen LogP contribution in [0, 0.1) is 6.92 Å². The minimum Gasteiger partial charge on any atom is -0.435 e. The van der Waals surface area contributed by atoms with Gasteiger partial charge in [0.25, 0.3) is 5.91 Å². The number of amides is 1. The van der Waals surface area contributed by atoms with Crippen LogP contribution in [-0.2, 0) is 10.0 Å². The first-order valence-electron chi connectivity index (χ1n) is 7.50. The Morgan fingerprint density at radius 2 is 1.85 bits per heavy atom. The first-order valence-corrected chi connectivity index (χ1v) is 8.94. The van der Waals surface area contributed by atoms with Crippen molar-refractivity contribution in [2.24, 2.45) is 0 Å². The number of hydrogen-bond donors (Lipinski definition) is 1. The second kappa shape index (κ2) is 7.79. The Hall–Kier alpha value is -2.52. The van der Waals surface area contributed by atoms with E-state index in [1.165, 1.54) is 44.4 Å². The molecule has 0 heterocycles. The first kappa shape index (κ1) is 19.8. The van der Waals surface area contributed by atoms with Crippen LogP contribution in [0.5, 0.6) is 5.75 Å². The van der Waals surface area contributed by atoms with Gasteiger partial charge in [0.05, 0.1) is 4.90 Å². The molecule has 0 fully saturated rings. The van der Waals surface area contributed by atoms with E-state index in [9.17, 15) is 22.0 Å². The highest BCUT2D eigenvalue weighted by atomic mass is 32.2. The summed E-state index contributed by atoms with van der Waals surface area (Å²) in [5.74, 6) is -0.728. The van der Waals surface area contributed by atoms with Crippen molar-refractivity contribution in [3.63, 3.8) is 0 Å². The number of nitrogens with zero attached hydrogens (tertiary/aromatic N) is 1. The highest BCUT2D eigenvalue weighted by Crippen LogP contribution is 2.23. The third-order valence-corrected chi connectivity index (χ3v) is 5.48. The van der Waals surface area contributed by atoms with Crippen molar-refractivity contribution in [1.29, 1.82) is 0 Å². The van der Waals surface area contributed by atoms with E-state index in [4.69, 9.17) is 0 Å². The molecular weight excluding hydrogens is 366 g/mol. The normalized spacial score (nSPS) is 11.7. The molecule has 0 saturated heterocycles. The number of hydrogen-bond acceptors (Lipinski definition) is 4. The number of alkyl halides is 2. The lowest BCUT2D eigenvalue weighted by Crippen LogP contribution is -2.23. The number of carbonyl (C=O) groups is 1. The molecule has 0 saturated carbocycles. The van der Waals surface area contributed by atoms with E-state index in [1.54, 1.807) is 19.1 Å². The van der Waals surface area contributed by atoms with Gasteiger partial charge in [-0.05, 0) is 42.8 Å². The summed E-state index contributed by atoms with van der Waals surface area (Å²) in [6.07, 6.45) is 0. The van der Waals surface area contributed by atoms with Gasteiger partial charge in [0.1, 0.15) is 5.75 Å². The van der Waals surface area contributed by atoms with Gasteiger partial charge >= 0.3 is 6.61 Å². The number of aryl methyl sites for hydroxylation is 1.